The van der Waals surface area contributed by atoms with Crippen LogP contribution in [-0.2, 0) is 4.79 Å². The van der Waals surface area contributed by atoms with E-state index in [4.69, 9.17) is 16.3 Å². The molecule has 120 valence electrons. The third-order valence-electron chi connectivity index (χ3n) is 3.99. The van der Waals surface area contributed by atoms with Crippen LogP contribution >= 0.6 is 0 Å². The standard InChI is InChI=1S/C17H16N6O/c18-9-13(10-19)15(11-20)22-14-3-1-2-4-16(14)23-7-5-12(6-8-23)17(21)24/h1-4,12,22H,5-8H2,(H2,21,24). The van der Waals surface area contributed by atoms with Gasteiger partial charge in [-0.05, 0) is 25.0 Å². The first kappa shape index (κ1) is 16.9. The molecule has 1 aliphatic rings. The van der Waals surface area contributed by atoms with Gasteiger partial charge >= 0.3 is 0 Å². The van der Waals surface area contributed by atoms with Gasteiger partial charge in [-0.1, -0.05) is 12.1 Å². The van der Waals surface area contributed by atoms with E-state index in [9.17, 15) is 10.1 Å². The summed E-state index contributed by atoms with van der Waals surface area (Å²) in [5.41, 5.74) is 6.49. The second-order valence-corrected chi connectivity index (χ2v) is 5.39. The SMILES string of the molecule is N#CC(C#N)=C(C#N)Nc1ccccc1N1CCC(C(N)=O)CC1. The van der Waals surface area contributed by atoms with E-state index < -0.39 is 0 Å². The van der Waals surface area contributed by atoms with Gasteiger partial charge in [0.2, 0.25) is 5.91 Å². The van der Waals surface area contributed by atoms with E-state index in [0.29, 0.717) is 31.6 Å². The number of carbonyl (C=O) groups excluding carboxylic acids is 1. The molecule has 1 aromatic rings. The van der Waals surface area contributed by atoms with Crippen LogP contribution in [0.1, 0.15) is 12.8 Å². The van der Waals surface area contributed by atoms with Gasteiger partial charge in [-0.25, -0.2) is 0 Å². The molecule has 0 saturated carbocycles. The lowest BCUT2D eigenvalue weighted by Gasteiger charge is -2.33. The van der Waals surface area contributed by atoms with Crippen molar-refractivity contribution in [1.29, 1.82) is 15.8 Å². The third kappa shape index (κ3) is 3.63. The van der Waals surface area contributed by atoms with Crippen LogP contribution in [0.3, 0.4) is 0 Å². The maximum absolute atomic E-state index is 11.3. The number of allylic oxidation sites excluding steroid dienone is 2. The first-order valence-corrected chi connectivity index (χ1v) is 7.45. The van der Waals surface area contributed by atoms with E-state index >= 15 is 0 Å². The minimum Gasteiger partial charge on any atom is -0.370 e. The zero-order chi connectivity index (χ0) is 17.5. The highest BCUT2D eigenvalue weighted by Gasteiger charge is 2.24. The number of hydrogen-bond donors (Lipinski definition) is 2. The average Bonchev–Trinajstić information content (AvgIpc) is 2.62. The molecule has 1 fully saturated rings. The van der Waals surface area contributed by atoms with E-state index in [0.717, 1.165) is 5.69 Å². The number of para-hydroxylation sites is 2. The van der Waals surface area contributed by atoms with Gasteiger partial charge in [0, 0.05) is 19.0 Å². The topological polar surface area (TPSA) is 130 Å². The summed E-state index contributed by atoms with van der Waals surface area (Å²) >= 11 is 0. The maximum atomic E-state index is 11.3. The van der Waals surface area contributed by atoms with Gasteiger partial charge in [0.25, 0.3) is 0 Å². The van der Waals surface area contributed by atoms with Gasteiger partial charge in [0.15, 0.2) is 5.57 Å². The van der Waals surface area contributed by atoms with Crippen molar-refractivity contribution < 1.29 is 4.79 Å². The van der Waals surface area contributed by atoms with Crippen LogP contribution in [0.5, 0.6) is 0 Å². The van der Waals surface area contributed by atoms with Gasteiger partial charge < -0.3 is 16.0 Å². The molecule has 24 heavy (non-hydrogen) atoms. The van der Waals surface area contributed by atoms with Crippen molar-refractivity contribution in [2.24, 2.45) is 11.7 Å². The summed E-state index contributed by atoms with van der Waals surface area (Å²) in [6.45, 7) is 1.34. The van der Waals surface area contributed by atoms with E-state index in [-0.39, 0.29) is 23.1 Å². The summed E-state index contributed by atoms with van der Waals surface area (Å²) in [6, 6.07) is 12.6. The van der Waals surface area contributed by atoms with E-state index in [1.54, 1.807) is 24.3 Å². The zero-order valence-electron chi connectivity index (χ0n) is 13.0. The molecule has 2 rings (SSSR count). The molecule has 0 unspecified atom stereocenters. The molecule has 1 saturated heterocycles. The number of nitrogens with zero attached hydrogens (tertiary/aromatic N) is 4. The lowest BCUT2D eigenvalue weighted by atomic mass is 9.96. The molecule has 0 radical (unpaired) electrons. The number of anilines is 2. The molecule has 1 aromatic carbocycles. The van der Waals surface area contributed by atoms with Gasteiger partial charge in [0.1, 0.15) is 23.9 Å². The Kier molecular flexibility index (Phi) is 5.39. The number of carbonyl (C=O) groups is 1. The number of nitrogens with two attached hydrogens (primary N) is 1. The summed E-state index contributed by atoms with van der Waals surface area (Å²) in [4.78, 5) is 13.4. The molecule has 7 nitrogen and oxygen atoms in total. The normalized spacial score (nSPS) is 14.0. The van der Waals surface area contributed by atoms with Crippen molar-refractivity contribution in [2.45, 2.75) is 12.8 Å². The fourth-order valence-corrected chi connectivity index (χ4v) is 2.68. The number of rotatable bonds is 4. The molecule has 0 spiro atoms. The van der Waals surface area contributed by atoms with Crippen LogP contribution in [0.2, 0.25) is 0 Å². The Morgan fingerprint density at radius 2 is 1.75 bits per heavy atom. The average molecular weight is 320 g/mol. The highest BCUT2D eigenvalue weighted by Crippen LogP contribution is 2.30. The molecule has 1 heterocycles. The van der Waals surface area contributed by atoms with Crippen molar-refractivity contribution in [3.63, 3.8) is 0 Å². The van der Waals surface area contributed by atoms with E-state index in [1.165, 1.54) is 0 Å². The highest BCUT2D eigenvalue weighted by molar-refractivity contribution is 5.78. The smallest absolute Gasteiger partial charge is 0.220 e. The third-order valence-corrected chi connectivity index (χ3v) is 3.99. The summed E-state index contributed by atoms with van der Waals surface area (Å²) in [6.07, 6.45) is 1.35. The van der Waals surface area contributed by atoms with Crippen molar-refractivity contribution in [1.82, 2.24) is 0 Å². The number of nitriles is 3. The molecular weight excluding hydrogens is 304 g/mol. The molecule has 7 heteroatoms. The number of amides is 1. The van der Waals surface area contributed by atoms with Crippen molar-refractivity contribution in [3.8, 4) is 18.2 Å². The van der Waals surface area contributed by atoms with E-state index in [2.05, 4.69) is 10.2 Å². The van der Waals surface area contributed by atoms with Crippen LogP contribution < -0.4 is 16.0 Å². The van der Waals surface area contributed by atoms with Crippen molar-refractivity contribution >= 4 is 17.3 Å². The Labute approximate surface area is 140 Å². The van der Waals surface area contributed by atoms with Crippen LogP contribution in [0.25, 0.3) is 0 Å². The molecule has 0 bridgehead atoms. The Morgan fingerprint density at radius 1 is 1.12 bits per heavy atom. The largest absolute Gasteiger partial charge is 0.370 e. The van der Waals surface area contributed by atoms with Gasteiger partial charge in [0.05, 0.1) is 11.4 Å². The minimum atomic E-state index is -0.275. The number of benzene rings is 1. The molecule has 0 aliphatic carbocycles. The summed E-state index contributed by atoms with van der Waals surface area (Å²) in [5.74, 6) is -0.386. The molecule has 1 aliphatic heterocycles. The predicted octanol–water partition coefficient (Wildman–Crippen LogP) is 1.63. The van der Waals surface area contributed by atoms with Gasteiger partial charge in [-0.15, -0.1) is 0 Å². The molecule has 0 atom stereocenters. The molecular formula is C17H16N6O. The Morgan fingerprint density at radius 3 is 2.29 bits per heavy atom. The summed E-state index contributed by atoms with van der Waals surface area (Å²) < 4.78 is 0. The minimum absolute atomic E-state index is 0.0838. The monoisotopic (exact) mass is 320 g/mol. The van der Waals surface area contributed by atoms with Gasteiger partial charge in [-0.3, -0.25) is 4.79 Å². The number of nitrogens with one attached hydrogen (secondary N) is 1. The second-order valence-electron chi connectivity index (χ2n) is 5.39. The summed E-state index contributed by atoms with van der Waals surface area (Å²) in [5, 5.41) is 29.9. The number of piperidine rings is 1. The lowest BCUT2D eigenvalue weighted by molar-refractivity contribution is -0.122. The van der Waals surface area contributed by atoms with Crippen LogP contribution in [0, 0.1) is 39.9 Å². The lowest BCUT2D eigenvalue weighted by Crippen LogP contribution is -2.38. The highest BCUT2D eigenvalue weighted by atomic mass is 16.1. The van der Waals surface area contributed by atoms with Crippen LogP contribution in [-0.4, -0.2) is 19.0 Å². The maximum Gasteiger partial charge on any atom is 0.220 e. The second kappa shape index (κ2) is 7.67. The van der Waals surface area contributed by atoms with Crippen molar-refractivity contribution in [3.05, 3.63) is 35.5 Å². The van der Waals surface area contributed by atoms with Crippen molar-refractivity contribution in [2.75, 3.05) is 23.3 Å². The quantitative estimate of drug-likeness (QED) is 0.811. The predicted molar refractivity (Wildman–Crippen MR) is 88.1 cm³/mol. The van der Waals surface area contributed by atoms with Crippen LogP contribution in [0.15, 0.2) is 35.5 Å². The fraction of sp³-hybridized carbons (Fsp3) is 0.294. The zero-order valence-corrected chi connectivity index (χ0v) is 13.0. The van der Waals surface area contributed by atoms with E-state index in [1.807, 2.05) is 18.2 Å². The van der Waals surface area contributed by atoms with Crippen LogP contribution in [0.4, 0.5) is 11.4 Å². The first-order valence-electron chi connectivity index (χ1n) is 7.45. The molecule has 3 N–H and O–H groups in total. The number of primary amides is 1. The van der Waals surface area contributed by atoms with Gasteiger partial charge in [-0.2, -0.15) is 15.8 Å². The molecule has 0 aromatic heterocycles. The Hall–Kier alpha value is -3.50. The first-order chi connectivity index (χ1) is 11.6. The summed E-state index contributed by atoms with van der Waals surface area (Å²) in [7, 11) is 0. The Bertz CT molecular complexity index is 769. The molecule has 1 amide bonds. The Balaban J connectivity index is 2.25. The number of hydrogen-bond acceptors (Lipinski definition) is 6. The fourth-order valence-electron chi connectivity index (χ4n) is 2.68.